The predicted molar refractivity (Wildman–Crippen MR) is 138 cm³/mol. The number of rotatable bonds is 10. The quantitative estimate of drug-likeness (QED) is 0.366. The van der Waals surface area contributed by atoms with Crippen molar-refractivity contribution in [2.75, 3.05) is 41.0 Å². The number of cyclic esters (lactones) is 1. The highest BCUT2D eigenvalue weighted by molar-refractivity contribution is 5.99. The van der Waals surface area contributed by atoms with Gasteiger partial charge in [-0.1, -0.05) is 30.3 Å². The highest BCUT2D eigenvalue weighted by atomic mass is 16.6. The van der Waals surface area contributed by atoms with E-state index in [1.165, 1.54) is 24.3 Å². The van der Waals surface area contributed by atoms with Gasteiger partial charge >= 0.3 is 5.97 Å². The van der Waals surface area contributed by atoms with Crippen molar-refractivity contribution in [3.8, 4) is 11.5 Å². The molecule has 10 nitrogen and oxygen atoms in total. The lowest BCUT2D eigenvalue weighted by Crippen LogP contribution is -2.40. The van der Waals surface area contributed by atoms with Crippen LogP contribution in [0.5, 0.6) is 11.5 Å². The van der Waals surface area contributed by atoms with Gasteiger partial charge in [-0.3, -0.25) is 14.4 Å². The van der Waals surface area contributed by atoms with Crippen molar-refractivity contribution < 1.29 is 38.4 Å². The fourth-order valence-electron chi connectivity index (χ4n) is 4.39. The molecule has 0 unspecified atom stereocenters. The maximum atomic E-state index is 13.1. The van der Waals surface area contributed by atoms with Gasteiger partial charge in [0.05, 0.1) is 45.4 Å². The van der Waals surface area contributed by atoms with E-state index in [1.54, 1.807) is 21.0 Å². The Labute approximate surface area is 222 Å². The van der Waals surface area contributed by atoms with Crippen LogP contribution in [0.4, 0.5) is 0 Å². The smallest absolute Gasteiger partial charge is 0.312 e. The molecule has 38 heavy (non-hydrogen) atoms. The summed E-state index contributed by atoms with van der Waals surface area (Å²) in [7, 11) is 4.73. The number of hydrogen-bond donors (Lipinski definition) is 1. The molecule has 3 rings (SSSR count). The summed E-state index contributed by atoms with van der Waals surface area (Å²) in [6.45, 7) is 2.13. The van der Waals surface area contributed by atoms with E-state index in [0.717, 1.165) is 5.56 Å². The van der Waals surface area contributed by atoms with Crippen molar-refractivity contribution in [2.24, 2.45) is 11.8 Å². The number of aromatic hydroxyl groups is 1. The van der Waals surface area contributed by atoms with Crippen LogP contribution in [-0.2, 0) is 30.2 Å². The number of hydrogen-bond acceptors (Lipinski definition) is 9. The molecule has 2 heterocycles. The van der Waals surface area contributed by atoms with Crippen LogP contribution < -0.4 is 4.74 Å². The fraction of sp³-hybridized carbons (Fsp3) is 0.500. The first-order valence-electron chi connectivity index (χ1n) is 12.6. The molecule has 1 aromatic heterocycles. The van der Waals surface area contributed by atoms with Crippen molar-refractivity contribution in [3.63, 3.8) is 0 Å². The molecule has 1 aliphatic rings. The molecular formula is C28H36N2O8. The summed E-state index contributed by atoms with van der Waals surface area (Å²) < 4.78 is 22.9. The Bertz CT molecular complexity index is 1090. The van der Waals surface area contributed by atoms with Crippen molar-refractivity contribution in [3.05, 3.63) is 53.9 Å². The van der Waals surface area contributed by atoms with E-state index in [4.69, 9.17) is 18.9 Å². The average Bonchev–Trinajstić information content (AvgIpc) is 2.94. The number of methoxy groups -OCH3 is 1. The van der Waals surface area contributed by atoms with Crippen LogP contribution in [0.15, 0.2) is 42.6 Å². The molecule has 0 saturated carbocycles. The minimum atomic E-state index is -0.899. The zero-order valence-corrected chi connectivity index (χ0v) is 22.3. The second-order valence-electron chi connectivity index (χ2n) is 9.54. The summed E-state index contributed by atoms with van der Waals surface area (Å²) >= 11 is 0. The third kappa shape index (κ3) is 7.75. The van der Waals surface area contributed by atoms with E-state index in [2.05, 4.69) is 4.98 Å². The van der Waals surface area contributed by atoms with Crippen LogP contribution in [0.1, 0.15) is 35.8 Å². The summed E-state index contributed by atoms with van der Waals surface area (Å²) in [4.78, 5) is 43.6. The third-order valence-electron chi connectivity index (χ3n) is 6.48. The average molecular weight is 529 g/mol. The second kappa shape index (κ2) is 13.9. The molecule has 1 N–H and O–H groups in total. The molecule has 2 aromatic rings. The van der Waals surface area contributed by atoms with E-state index in [0.29, 0.717) is 6.42 Å². The molecule has 10 heteroatoms. The number of carbonyl (C=O) groups excluding carboxylic acids is 3. The number of Topliss-reactive ketones (excluding diaryl/α,β-unsaturated/α-hetero) is 1. The summed E-state index contributed by atoms with van der Waals surface area (Å²) in [6, 6.07) is 11.3. The number of carbonyl (C=O) groups is 3. The number of esters is 1. The predicted octanol–water partition coefficient (Wildman–Crippen LogP) is 2.67. The van der Waals surface area contributed by atoms with Gasteiger partial charge in [-0.25, -0.2) is 4.98 Å². The summed E-state index contributed by atoms with van der Waals surface area (Å²) in [6.07, 6.45) is 0.701. The second-order valence-corrected chi connectivity index (χ2v) is 9.54. The minimum absolute atomic E-state index is 0.0425. The van der Waals surface area contributed by atoms with Gasteiger partial charge < -0.3 is 29.0 Å². The van der Waals surface area contributed by atoms with Gasteiger partial charge in [0.15, 0.2) is 23.0 Å². The number of ketones is 1. The van der Waals surface area contributed by atoms with Crippen LogP contribution >= 0.6 is 0 Å². The Hall–Kier alpha value is -3.50. The van der Waals surface area contributed by atoms with Gasteiger partial charge in [-0.05, 0) is 18.9 Å². The summed E-state index contributed by atoms with van der Waals surface area (Å²) in [5, 5.41) is 10.3. The Morgan fingerprint density at radius 2 is 1.89 bits per heavy atom. The van der Waals surface area contributed by atoms with Crippen LogP contribution in [0.25, 0.3) is 0 Å². The molecule has 0 bridgehead atoms. The molecule has 206 valence electrons. The minimum Gasteiger partial charge on any atom is -0.503 e. The third-order valence-corrected chi connectivity index (χ3v) is 6.48. The lowest BCUT2D eigenvalue weighted by molar-refractivity contribution is -0.163. The van der Waals surface area contributed by atoms with Gasteiger partial charge in [0.2, 0.25) is 5.91 Å². The molecule has 0 aliphatic carbocycles. The lowest BCUT2D eigenvalue weighted by Gasteiger charge is -2.31. The molecular weight excluding hydrogens is 492 g/mol. The van der Waals surface area contributed by atoms with Gasteiger partial charge in [-0.15, -0.1) is 0 Å². The van der Waals surface area contributed by atoms with Crippen LogP contribution in [-0.4, -0.2) is 85.9 Å². The van der Waals surface area contributed by atoms with Crippen LogP contribution in [0, 0.1) is 11.8 Å². The molecule has 1 aliphatic heterocycles. The summed E-state index contributed by atoms with van der Waals surface area (Å²) in [5.74, 6) is -2.55. The Kier molecular flexibility index (Phi) is 10.6. The number of amides is 1. The Balaban J connectivity index is 1.77. The zero-order valence-electron chi connectivity index (χ0n) is 22.3. The van der Waals surface area contributed by atoms with E-state index in [1.807, 2.05) is 30.3 Å². The lowest BCUT2D eigenvalue weighted by atomic mass is 9.91. The number of pyridine rings is 1. The fourth-order valence-corrected chi connectivity index (χ4v) is 4.39. The van der Waals surface area contributed by atoms with Gasteiger partial charge in [0, 0.05) is 38.7 Å². The van der Waals surface area contributed by atoms with Crippen molar-refractivity contribution in [1.29, 1.82) is 0 Å². The molecule has 0 spiro atoms. The zero-order chi connectivity index (χ0) is 27.7. The Morgan fingerprint density at radius 1 is 1.16 bits per heavy atom. The highest BCUT2D eigenvalue weighted by Crippen LogP contribution is 2.30. The maximum absolute atomic E-state index is 13.1. The van der Waals surface area contributed by atoms with E-state index in [9.17, 15) is 19.5 Å². The summed E-state index contributed by atoms with van der Waals surface area (Å²) in [5.41, 5.74) is 0.891. The molecule has 1 amide bonds. The SMILES string of the molecule is COc1ccnc(C(=O)C[C@H]2COC[C@H](Cc3ccccc3)[C@@H](OCCC(=O)N(C)C)[C@H](C)OC2=O)c1O. The first-order chi connectivity index (χ1) is 18.2. The van der Waals surface area contributed by atoms with E-state index < -0.39 is 29.9 Å². The highest BCUT2D eigenvalue weighted by Gasteiger charge is 2.36. The van der Waals surface area contributed by atoms with E-state index >= 15 is 0 Å². The topological polar surface area (TPSA) is 124 Å². The largest absolute Gasteiger partial charge is 0.503 e. The van der Waals surface area contributed by atoms with Crippen LogP contribution in [0.2, 0.25) is 0 Å². The van der Waals surface area contributed by atoms with Crippen LogP contribution in [0.3, 0.4) is 0 Å². The molecule has 1 saturated heterocycles. The van der Waals surface area contributed by atoms with Gasteiger partial charge in [0.1, 0.15) is 6.10 Å². The van der Waals surface area contributed by atoms with E-state index in [-0.39, 0.29) is 61.7 Å². The standard InChI is InChI=1S/C28H36N2O8/c1-18-27(37-13-11-24(32)30(2)3)20(14-19-8-6-5-7-9-19)16-36-17-21(28(34)38-18)15-22(31)25-26(33)23(35-4)10-12-29-25/h5-10,12,18,20-21,27,33H,11,13-17H2,1-4H3/t18-,20-,21-,27-/m0/s1. The first kappa shape index (κ1) is 29.1. The number of benzene rings is 1. The first-order valence-corrected chi connectivity index (χ1v) is 12.6. The maximum Gasteiger partial charge on any atom is 0.312 e. The van der Waals surface area contributed by atoms with Gasteiger partial charge in [0.25, 0.3) is 0 Å². The number of nitrogens with zero attached hydrogens (tertiary/aromatic N) is 2. The Morgan fingerprint density at radius 3 is 2.58 bits per heavy atom. The molecule has 1 fully saturated rings. The van der Waals surface area contributed by atoms with Crippen molar-refractivity contribution in [2.45, 2.75) is 38.4 Å². The number of aromatic nitrogens is 1. The number of ether oxygens (including phenoxy) is 4. The molecule has 4 atom stereocenters. The monoisotopic (exact) mass is 528 g/mol. The normalized spacial score (nSPS) is 21.9. The molecule has 1 aromatic carbocycles. The molecule has 0 radical (unpaired) electrons. The van der Waals surface area contributed by atoms with Crippen molar-refractivity contribution in [1.82, 2.24) is 9.88 Å². The van der Waals surface area contributed by atoms with Crippen molar-refractivity contribution >= 4 is 17.7 Å². The van der Waals surface area contributed by atoms with Gasteiger partial charge in [-0.2, -0.15) is 0 Å².